The number of aromatic nitrogens is 1. The second-order valence-electron chi connectivity index (χ2n) is 5.65. The van der Waals surface area contributed by atoms with Gasteiger partial charge in [0.15, 0.2) is 0 Å². The number of para-hydroxylation sites is 1. The maximum absolute atomic E-state index is 12.6. The van der Waals surface area contributed by atoms with E-state index in [1.165, 1.54) is 12.3 Å². The zero-order valence-electron chi connectivity index (χ0n) is 14.1. The van der Waals surface area contributed by atoms with Gasteiger partial charge in [0.2, 0.25) is 0 Å². The fourth-order valence-electron chi connectivity index (χ4n) is 2.56. The highest BCUT2D eigenvalue weighted by atomic mass is 16.5. The van der Waals surface area contributed by atoms with Crippen molar-refractivity contribution in [3.05, 3.63) is 42.1 Å². The minimum atomic E-state index is -1.21. The molecule has 0 aliphatic heterocycles. The van der Waals surface area contributed by atoms with Gasteiger partial charge in [-0.25, -0.2) is 4.79 Å². The van der Waals surface area contributed by atoms with E-state index in [2.05, 4.69) is 10.3 Å². The lowest BCUT2D eigenvalue weighted by Gasteiger charge is -2.21. The van der Waals surface area contributed by atoms with E-state index in [4.69, 9.17) is 4.74 Å². The highest BCUT2D eigenvalue weighted by molar-refractivity contribution is 6.07. The third-order valence-corrected chi connectivity index (χ3v) is 3.81. The molecule has 0 bridgehead atoms. The van der Waals surface area contributed by atoms with Crippen molar-refractivity contribution < 1.29 is 24.2 Å². The van der Waals surface area contributed by atoms with Crippen LogP contribution in [0.1, 0.15) is 30.6 Å². The van der Waals surface area contributed by atoms with Crippen molar-refractivity contribution in [1.29, 1.82) is 0 Å². The van der Waals surface area contributed by atoms with E-state index in [9.17, 15) is 19.5 Å². The Morgan fingerprint density at radius 2 is 1.96 bits per heavy atom. The molecule has 0 saturated carbocycles. The Labute approximate surface area is 145 Å². The van der Waals surface area contributed by atoms with Crippen LogP contribution in [0.25, 0.3) is 10.9 Å². The highest BCUT2D eigenvalue weighted by Gasteiger charge is 2.29. The Hall–Kier alpha value is -2.96. The zero-order chi connectivity index (χ0) is 18.4. The molecule has 0 saturated heterocycles. The van der Waals surface area contributed by atoms with Gasteiger partial charge in [0.1, 0.15) is 6.04 Å². The number of pyridine rings is 1. The average Bonchev–Trinajstić information content (AvgIpc) is 2.58. The van der Waals surface area contributed by atoms with Gasteiger partial charge in [-0.05, 0) is 25.0 Å². The molecule has 0 aliphatic rings. The van der Waals surface area contributed by atoms with Gasteiger partial charge in [0.05, 0.1) is 24.1 Å². The van der Waals surface area contributed by atoms with Crippen LogP contribution in [0.2, 0.25) is 0 Å². The summed E-state index contributed by atoms with van der Waals surface area (Å²) in [6, 6.07) is 7.42. The van der Waals surface area contributed by atoms with E-state index in [0.29, 0.717) is 16.5 Å². The Morgan fingerprint density at radius 1 is 1.24 bits per heavy atom. The fraction of sp³-hybridized carbons (Fsp3) is 0.333. The molecule has 0 spiro atoms. The standard InChI is InChI=1S/C18H20N2O5/c1-3-25-15(21)10-11(2)16(18(23)24)20-17(22)13-8-9-19-14-7-5-4-6-12(13)14/h4-9,11,16H,3,10H2,1-2H3,(H,20,22)(H,23,24)/t11-,16+/m1/s1. The molecule has 7 nitrogen and oxygen atoms in total. The molecule has 7 heteroatoms. The first-order valence-electron chi connectivity index (χ1n) is 7.97. The van der Waals surface area contributed by atoms with Crippen LogP contribution in [0.4, 0.5) is 0 Å². The van der Waals surface area contributed by atoms with E-state index in [0.717, 1.165) is 0 Å². The first-order chi connectivity index (χ1) is 11.9. The van der Waals surface area contributed by atoms with Crippen LogP contribution >= 0.6 is 0 Å². The van der Waals surface area contributed by atoms with Gasteiger partial charge in [0, 0.05) is 11.6 Å². The Kier molecular flexibility index (Phi) is 6.05. The largest absolute Gasteiger partial charge is 0.480 e. The van der Waals surface area contributed by atoms with Crippen molar-refractivity contribution in [3.8, 4) is 0 Å². The number of nitrogens with zero attached hydrogens (tertiary/aromatic N) is 1. The quantitative estimate of drug-likeness (QED) is 0.744. The van der Waals surface area contributed by atoms with Crippen LogP contribution < -0.4 is 5.32 Å². The van der Waals surface area contributed by atoms with Gasteiger partial charge in [0.25, 0.3) is 5.91 Å². The van der Waals surface area contributed by atoms with Gasteiger partial charge >= 0.3 is 11.9 Å². The van der Waals surface area contributed by atoms with Gasteiger partial charge in [-0.2, -0.15) is 0 Å². The van der Waals surface area contributed by atoms with Crippen molar-refractivity contribution >= 4 is 28.7 Å². The number of carboxylic acid groups (broad SMARTS) is 1. The van der Waals surface area contributed by atoms with Crippen LogP contribution in [0.15, 0.2) is 36.5 Å². The van der Waals surface area contributed by atoms with Crippen LogP contribution in [0.5, 0.6) is 0 Å². The molecule has 2 atom stereocenters. The first-order valence-corrected chi connectivity index (χ1v) is 7.97. The molecule has 2 N–H and O–H groups in total. The van der Waals surface area contributed by atoms with Crippen molar-refractivity contribution in [2.75, 3.05) is 6.61 Å². The molecule has 0 aliphatic carbocycles. The first kappa shape index (κ1) is 18.4. The Morgan fingerprint density at radius 3 is 2.64 bits per heavy atom. The topological polar surface area (TPSA) is 106 Å². The summed E-state index contributed by atoms with van der Waals surface area (Å²) in [4.78, 5) is 39.9. The number of nitrogens with one attached hydrogen (secondary N) is 1. The van der Waals surface area contributed by atoms with E-state index < -0.39 is 29.8 Å². The average molecular weight is 344 g/mol. The number of aliphatic carboxylic acids is 1. The lowest BCUT2D eigenvalue weighted by atomic mass is 9.97. The van der Waals surface area contributed by atoms with Crippen molar-refractivity contribution in [3.63, 3.8) is 0 Å². The minimum Gasteiger partial charge on any atom is -0.480 e. The maximum Gasteiger partial charge on any atom is 0.326 e. The molecule has 1 aromatic carbocycles. The molecular formula is C18H20N2O5. The molecule has 0 unspecified atom stereocenters. The summed E-state index contributed by atoms with van der Waals surface area (Å²) in [6.07, 6.45) is 1.40. The molecule has 1 heterocycles. The van der Waals surface area contributed by atoms with Crippen LogP contribution in [0, 0.1) is 5.92 Å². The SMILES string of the molecule is CCOC(=O)C[C@@H](C)[C@H](NC(=O)c1ccnc2ccccc12)C(=O)O. The predicted octanol–water partition coefficient (Wildman–Crippen LogP) is 2.01. The molecule has 25 heavy (non-hydrogen) atoms. The summed E-state index contributed by atoms with van der Waals surface area (Å²) in [6.45, 7) is 3.48. The molecule has 132 valence electrons. The normalized spacial score (nSPS) is 13.0. The lowest BCUT2D eigenvalue weighted by Crippen LogP contribution is -2.45. The number of rotatable bonds is 7. The Bertz CT molecular complexity index is 785. The maximum atomic E-state index is 12.6. The highest BCUT2D eigenvalue weighted by Crippen LogP contribution is 2.17. The van der Waals surface area contributed by atoms with Crippen LogP contribution in [-0.4, -0.2) is 40.6 Å². The number of benzene rings is 1. The predicted molar refractivity (Wildman–Crippen MR) is 91.0 cm³/mol. The summed E-state index contributed by atoms with van der Waals surface area (Å²) >= 11 is 0. The lowest BCUT2D eigenvalue weighted by molar-refractivity contribution is -0.145. The number of carboxylic acids is 1. The summed E-state index contributed by atoms with van der Waals surface area (Å²) in [7, 11) is 0. The number of fused-ring (bicyclic) bond motifs is 1. The van der Waals surface area contributed by atoms with Gasteiger partial charge in [-0.3, -0.25) is 14.6 Å². The second-order valence-corrected chi connectivity index (χ2v) is 5.65. The fourth-order valence-corrected chi connectivity index (χ4v) is 2.56. The minimum absolute atomic E-state index is 0.0951. The molecule has 1 amide bonds. The monoisotopic (exact) mass is 344 g/mol. The van der Waals surface area contributed by atoms with E-state index in [1.54, 1.807) is 38.1 Å². The number of ether oxygens (including phenoxy) is 1. The van der Waals surface area contributed by atoms with Crippen molar-refractivity contribution in [2.24, 2.45) is 5.92 Å². The number of amides is 1. The van der Waals surface area contributed by atoms with Gasteiger partial charge in [-0.1, -0.05) is 25.1 Å². The van der Waals surface area contributed by atoms with E-state index in [-0.39, 0.29) is 13.0 Å². The number of carbonyl (C=O) groups is 3. The number of hydrogen-bond donors (Lipinski definition) is 2. The van der Waals surface area contributed by atoms with Crippen LogP contribution in [-0.2, 0) is 14.3 Å². The molecule has 2 rings (SSSR count). The molecular weight excluding hydrogens is 324 g/mol. The molecule has 0 fully saturated rings. The Balaban J connectivity index is 2.20. The van der Waals surface area contributed by atoms with E-state index >= 15 is 0 Å². The molecule has 2 aromatic rings. The van der Waals surface area contributed by atoms with Crippen molar-refractivity contribution in [2.45, 2.75) is 26.3 Å². The summed E-state index contributed by atoms with van der Waals surface area (Å²) in [5, 5.41) is 12.5. The third kappa shape index (κ3) is 4.53. The number of esters is 1. The van der Waals surface area contributed by atoms with Gasteiger partial charge in [-0.15, -0.1) is 0 Å². The number of carbonyl (C=O) groups excluding carboxylic acids is 2. The second kappa shape index (κ2) is 8.23. The number of hydrogen-bond acceptors (Lipinski definition) is 5. The molecule has 1 aromatic heterocycles. The smallest absolute Gasteiger partial charge is 0.326 e. The van der Waals surface area contributed by atoms with Gasteiger partial charge < -0.3 is 15.2 Å². The van der Waals surface area contributed by atoms with E-state index in [1.807, 2.05) is 0 Å². The third-order valence-electron chi connectivity index (χ3n) is 3.81. The van der Waals surface area contributed by atoms with Crippen LogP contribution in [0.3, 0.4) is 0 Å². The summed E-state index contributed by atoms with van der Waals surface area (Å²) in [5.41, 5.74) is 0.974. The van der Waals surface area contributed by atoms with Crippen molar-refractivity contribution in [1.82, 2.24) is 10.3 Å². The molecule has 0 radical (unpaired) electrons. The summed E-state index contributed by atoms with van der Waals surface area (Å²) in [5.74, 6) is -2.84. The zero-order valence-corrected chi connectivity index (χ0v) is 14.1. The summed E-state index contributed by atoms with van der Waals surface area (Å²) < 4.78 is 4.84.